The normalized spacial score (nSPS) is 15.1. The molecule has 1 aromatic carbocycles. The molecule has 1 rings (SSSR count). The van der Waals surface area contributed by atoms with Crippen LogP contribution in [0.3, 0.4) is 0 Å². The van der Waals surface area contributed by atoms with Gasteiger partial charge in [0.25, 0.3) is 0 Å². The summed E-state index contributed by atoms with van der Waals surface area (Å²) in [5.74, 6) is -2.43. The van der Waals surface area contributed by atoms with Gasteiger partial charge < -0.3 is 18.3 Å². The molecule has 8 nitrogen and oxygen atoms in total. The van der Waals surface area contributed by atoms with Gasteiger partial charge in [0, 0.05) is 0 Å². The maximum atomic E-state index is 14.4. The van der Waals surface area contributed by atoms with Crippen molar-refractivity contribution in [2.45, 2.75) is 42.9 Å². The van der Waals surface area contributed by atoms with Crippen LogP contribution in [-0.2, 0) is 39.1 Å². The highest BCUT2D eigenvalue weighted by Gasteiger charge is 2.73. The minimum atomic E-state index is -6.08. The summed E-state index contributed by atoms with van der Waals surface area (Å²) in [5, 5.41) is 0. The van der Waals surface area contributed by atoms with E-state index in [1.54, 1.807) is 0 Å². The second kappa shape index (κ2) is 10.7. The summed E-state index contributed by atoms with van der Waals surface area (Å²) in [7, 11) is -10.2. The number of methoxy groups -OCH3 is 1. The molecule has 0 heterocycles. The lowest BCUT2D eigenvalue weighted by Crippen LogP contribution is -2.57. The molecule has 0 aromatic heterocycles. The lowest BCUT2D eigenvalue weighted by Gasteiger charge is -2.32. The highest BCUT2D eigenvalue weighted by molar-refractivity contribution is 7.93. The Morgan fingerprint density at radius 1 is 0.970 bits per heavy atom. The molecule has 0 N–H and O–H groups in total. The molecule has 0 aliphatic carbocycles. The van der Waals surface area contributed by atoms with Crippen molar-refractivity contribution < 1.29 is 57.9 Å². The number of ether oxygens (including phenoxy) is 1. The van der Waals surface area contributed by atoms with Crippen molar-refractivity contribution in [1.29, 1.82) is 0 Å². The molecule has 0 saturated heterocycles. The van der Waals surface area contributed by atoms with Crippen molar-refractivity contribution in [3.05, 3.63) is 29.8 Å². The lowest BCUT2D eigenvalue weighted by atomic mass is 10.2. The molecule has 1 atom stereocenters. The average molecular weight is 529 g/mol. The van der Waals surface area contributed by atoms with Gasteiger partial charge in [-0.3, -0.25) is 0 Å². The van der Waals surface area contributed by atoms with Crippen LogP contribution in [0, 0.1) is 0 Å². The van der Waals surface area contributed by atoms with Crippen LogP contribution in [0.25, 0.3) is 0 Å². The summed E-state index contributed by atoms with van der Waals surface area (Å²) in [4.78, 5) is 6.25. The van der Waals surface area contributed by atoms with E-state index in [-0.39, 0.29) is 25.9 Å². The van der Waals surface area contributed by atoms with Crippen LogP contribution in [0.15, 0.2) is 33.9 Å². The van der Waals surface area contributed by atoms with Crippen molar-refractivity contribution in [1.82, 2.24) is 0 Å². The molecule has 190 valence electrons. The second-order valence-corrected chi connectivity index (χ2v) is 9.97. The number of alkyl halides is 6. The molecular formula is C17H22F6NO7PS. The fourth-order valence-electron chi connectivity index (χ4n) is 2.54. The monoisotopic (exact) mass is 529 g/mol. The molecule has 16 heteroatoms. The third-order valence-corrected chi connectivity index (χ3v) is 8.42. The van der Waals surface area contributed by atoms with Crippen molar-refractivity contribution in [2.24, 2.45) is 4.74 Å². The number of esters is 1. The van der Waals surface area contributed by atoms with E-state index in [1.165, 1.54) is 20.8 Å². The Labute approximate surface area is 186 Å². The Balaban J connectivity index is 4.21. The van der Waals surface area contributed by atoms with E-state index >= 15 is 0 Å². The van der Waals surface area contributed by atoms with E-state index in [1.807, 2.05) is 0 Å². The van der Waals surface area contributed by atoms with Crippen LogP contribution in [0.4, 0.5) is 26.3 Å². The molecule has 0 aliphatic rings. The molecule has 33 heavy (non-hydrogen) atoms. The number of sulfone groups is 1. The third-order valence-electron chi connectivity index (χ3n) is 3.85. The van der Waals surface area contributed by atoms with Crippen molar-refractivity contribution in [3.63, 3.8) is 0 Å². The zero-order valence-electron chi connectivity index (χ0n) is 17.9. The smallest absolute Gasteiger partial charge is 0.439 e. The van der Waals surface area contributed by atoms with Crippen LogP contribution < -0.4 is 0 Å². The van der Waals surface area contributed by atoms with Gasteiger partial charge >= 0.3 is 30.9 Å². The fraction of sp³-hybridized carbons (Fsp3) is 0.588. The maximum Gasteiger partial charge on any atom is 0.439 e. The van der Waals surface area contributed by atoms with Crippen LogP contribution >= 0.6 is 7.74 Å². The molecular weight excluding hydrogens is 507 g/mol. The summed E-state index contributed by atoms with van der Waals surface area (Å²) in [5.41, 5.74) is -1.56. The first kappa shape index (κ1) is 29.4. The summed E-state index contributed by atoms with van der Waals surface area (Å²) in [6.07, 6.45) is -11.1. The maximum absolute atomic E-state index is 14.4. The average Bonchev–Trinajstić information content (AvgIpc) is 2.70. The van der Waals surface area contributed by atoms with Gasteiger partial charge in [-0.2, -0.15) is 31.1 Å². The lowest BCUT2D eigenvalue weighted by molar-refractivity contribution is -0.185. The zero-order chi connectivity index (χ0) is 25.7. The first-order valence-corrected chi connectivity index (χ1v) is 12.2. The molecule has 0 spiro atoms. The van der Waals surface area contributed by atoms with E-state index in [2.05, 4.69) is 9.48 Å². The molecule has 0 amide bonds. The number of halogens is 6. The summed E-state index contributed by atoms with van der Waals surface area (Å²) < 4.78 is 132. The number of hydrogen-bond acceptors (Lipinski definition) is 8. The van der Waals surface area contributed by atoms with Gasteiger partial charge in [0.2, 0.25) is 9.84 Å². The topological polar surface area (TPSA) is 100 Å². The van der Waals surface area contributed by atoms with Gasteiger partial charge in [0.1, 0.15) is 0 Å². The highest BCUT2D eigenvalue weighted by Crippen LogP contribution is 2.59. The predicted octanol–water partition coefficient (Wildman–Crippen LogP) is 4.97. The zero-order valence-corrected chi connectivity index (χ0v) is 19.6. The van der Waals surface area contributed by atoms with Gasteiger partial charge in [0.15, 0.2) is 0 Å². The SMILES string of the molecule is CCOP(=NC(C(=O)OC)(C(F)(F)F)S(=O)(=O)c1cccc(C(F)(F)F)c1)(OCC)OCC. The Hall–Kier alpha value is -1.67. The van der Waals surface area contributed by atoms with E-state index in [0.717, 1.165) is 0 Å². The molecule has 0 bridgehead atoms. The summed E-state index contributed by atoms with van der Waals surface area (Å²) >= 11 is 0. The third kappa shape index (κ3) is 5.88. The van der Waals surface area contributed by atoms with Crippen molar-refractivity contribution in [3.8, 4) is 0 Å². The van der Waals surface area contributed by atoms with Crippen LogP contribution in [0.1, 0.15) is 26.3 Å². The van der Waals surface area contributed by atoms with E-state index < -0.39 is 51.2 Å². The van der Waals surface area contributed by atoms with Gasteiger partial charge in [-0.1, -0.05) is 6.07 Å². The molecule has 0 radical (unpaired) electrons. The summed E-state index contributed by atoms with van der Waals surface area (Å²) in [6.45, 7) is 2.85. The van der Waals surface area contributed by atoms with E-state index in [4.69, 9.17) is 13.6 Å². The minimum absolute atomic E-state index is 0.0452. The van der Waals surface area contributed by atoms with Crippen molar-refractivity contribution in [2.75, 3.05) is 26.9 Å². The largest absolute Gasteiger partial charge is 0.466 e. The number of carbonyl (C=O) groups is 1. The predicted molar refractivity (Wildman–Crippen MR) is 104 cm³/mol. The number of hydrogen-bond donors (Lipinski definition) is 0. The first-order valence-electron chi connectivity index (χ1n) is 9.22. The molecule has 0 saturated carbocycles. The van der Waals surface area contributed by atoms with Crippen LogP contribution in [0.5, 0.6) is 0 Å². The first-order chi connectivity index (χ1) is 15.1. The van der Waals surface area contributed by atoms with Gasteiger partial charge in [-0.25, -0.2) is 13.2 Å². The molecule has 1 unspecified atom stereocenters. The van der Waals surface area contributed by atoms with Gasteiger partial charge in [-0.05, 0) is 39.0 Å². The quantitative estimate of drug-likeness (QED) is 0.240. The van der Waals surface area contributed by atoms with Gasteiger partial charge in [0.05, 0.1) is 37.4 Å². The van der Waals surface area contributed by atoms with Crippen LogP contribution in [-0.4, -0.2) is 52.4 Å². The Bertz CT molecular complexity index is 973. The van der Waals surface area contributed by atoms with E-state index in [9.17, 15) is 39.6 Å². The molecule has 1 aromatic rings. The fourth-order valence-corrected chi connectivity index (χ4v) is 6.67. The standard InChI is InChI=1S/C17H22F6NO7PS/c1-5-29-32(30-6-2,31-7-3)24-15(14(25)28-4,17(21,22)23)33(26,27)13-10-8-9-12(11-13)16(18,19)20/h8-11H,5-7H2,1-4H3. The number of rotatable bonds is 10. The number of carbonyl (C=O) groups excluding carboxylic acids is 1. The number of nitrogens with zero attached hydrogens (tertiary/aromatic N) is 1. The second-order valence-electron chi connectivity index (χ2n) is 5.98. The Morgan fingerprint density at radius 2 is 1.45 bits per heavy atom. The minimum Gasteiger partial charge on any atom is -0.466 e. The van der Waals surface area contributed by atoms with Crippen LogP contribution in [0.2, 0.25) is 0 Å². The van der Waals surface area contributed by atoms with Crippen molar-refractivity contribution >= 4 is 23.5 Å². The number of benzene rings is 1. The summed E-state index contributed by atoms with van der Waals surface area (Å²) in [6, 6.07) is 1.44. The van der Waals surface area contributed by atoms with Gasteiger partial charge in [-0.15, -0.1) is 0 Å². The Kier molecular flexibility index (Phi) is 9.54. The Morgan fingerprint density at radius 3 is 1.82 bits per heavy atom. The van der Waals surface area contributed by atoms with E-state index in [0.29, 0.717) is 25.3 Å². The molecule has 0 fully saturated rings. The highest BCUT2D eigenvalue weighted by atomic mass is 32.2. The molecule has 0 aliphatic heterocycles.